The fourth-order valence-electron chi connectivity index (χ4n) is 1.54. The van der Waals surface area contributed by atoms with E-state index in [1.54, 1.807) is 7.11 Å². The predicted octanol–water partition coefficient (Wildman–Crippen LogP) is 3.05. The SMILES string of the molecule is COc1cc(C)c(Br)cc1CCCCN. The topological polar surface area (TPSA) is 35.2 Å². The van der Waals surface area contributed by atoms with E-state index in [-0.39, 0.29) is 0 Å². The molecule has 0 unspecified atom stereocenters. The van der Waals surface area contributed by atoms with Gasteiger partial charge in [-0.2, -0.15) is 0 Å². The number of methoxy groups -OCH3 is 1. The smallest absolute Gasteiger partial charge is 0.122 e. The highest BCUT2D eigenvalue weighted by atomic mass is 79.9. The first-order valence-corrected chi connectivity index (χ1v) is 6.01. The van der Waals surface area contributed by atoms with Crippen molar-refractivity contribution in [1.29, 1.82) is 0 Å². The Balaban J connectivity index is 2.80. The Kier molecular flexibility index (Phi) is 5.12. The van der Waals surface area contributed by atoms with Gasteiger partial charge in [-0.05, 0) is 56.0 Å². The average molecular weight is 272 g/mol. The third kappa shape index (κ3) is 3.50. The Morgan fingerprint density at radius 1 is 1.33 bits per heavy atom. The van der Waals surface area contributed by atoms with Crippen LogP contribution in [0.2, 0.25) is 0 Å². The zero-order valence-corrected chi connectivity index (χ0v) is 10.9. The number of unbranched alkanes of at least 4 members (excludes halogenated alkanes) is 1. The van der Waals surface area contributed by atoms with Crippen LogP contribution in [0.4, 0.5) is 0 Å². The molecule has 0 aliphatic carbocycles. The maximum atomic E-state index is 5.48. The molecule has 0 bridgehead atoms. The van der Waals surface area contributed by atoms with Crippen LogP contribution in [0.3, 0.4) is 0 Å². The maximum absolute atomic E-state index is 5.48. The minimum Gasteiger partial charge on any atom is -0.496 e. The van der Waals surface area contributed by atoms with E-state index in [0.29, 0.717) is 0 Å². The van der Waals surface area contributed by atoms with Crippen molar-refractivity contribution in [2.24, 2.45) is 5.73 Å². The first kappa shape index (κ1) is 12.5. The van der Waals surface area contributed by atoms with Gasteiger partial charge in [-0.3, -0.25) is 0 Å². The summed E-state index contributed by atoms with van der Waals surface area (Å²) in [6.07, 6.45) is 3.20. The third-order valence-corrected chi connectivity index (χ3v) is 3.32. The highest BCUT2D eigenvalue weighted by molar-refractivity contribution is 9.10. The summed E-state index contributed by atoms with van der Waals surface area (Å²) in [5.74, 6) is 0.979. The zero-order valence-electron chi connectivity index (χ0n) is 9.35. The van der Waals surface area contributed by atoms with Crippen molar-refractivity contribution in [2.45, 2.75) is 26.2 Å². The van der Waals surface area contributed by atoms with Crippen molar-refractivity contribution in [3.8, 4) is 5.75 Å². The van der Waals surface area contributed by atoms with Crippen molar-refractivity contribution in [1.82, 2.24) is 0 Å². The fraction of sp³-hybridized carbons (Fsp3) is 0.500. The molecule has 0 amide bonds. The van der Waals surface area contributed by atoms with Gasteiger partial charge in [0, 0.05) is 4.47 Å². The Hall–Kier alpha value is -0.540. The molecular weight excluding hydrogens is 254 g/mol. The predicted molar refractivity (Wildman–Crippen MR) is 67.4 cm³/mol. The summed E-state index contributed by atoms with van der Waals surface area (Å²) >= 11 is 3.54. The van der Waals surface area contributed by atoms with Gasteiger partial charge < -0.3 is 10.5 Å². The Labute approximate surface area is 99.9 Å². The quantitative estimate of drug-likeness (QED) is 0.836. The first-order chi connectivity index (χ1) is 7.19. The van der Waals surface area contributed by atoms with E-state index in [4.69, 9.17) is 10.5 Å². The number of halogens is 1. The van der Waals surface area contributed by atoms with E-state index in [0.717, 1.165) is 36.0 Å². The molecule has 2 nitrogen and oxygen atoms in total. The van der Waals surface area contributed by atoms with Gasteiger partial charge in [-0.1, -0.05) is 15.9 Å². The molecule has 0 aliphatic rings. The number of hydrogen-bond acceptors (Lipinski definition) is 2. The molecule has 0 saturated carbocycles. The molecule has 84 valence electrons. The molecule has 0 saturated heterocycles. The second-order valence-corrected chi connectivity index (χ2v) is 4.51. The Bertz CT molecular complexity index is 326. The first-order valence-electron chi connectivity index (χ1n) is 5.22. The summed E-state index contributed by atoms with van der Waals surface area (Å²) in [5, 5.41) is 0. The lowest BCUT2D eigenvalue weighted by Gasteiger charge is -2.10. The molecule has 1 aromatic rings. The molecule has 0 spiro atoms. The minimum atomic E-state index is 0.759. The molecule has 0 atom stereocenters. The number of benzene rings is 1. The van der Waals surface area contributed by atoms with Crippen LogP contribution in [0.15, 0.2) is 16.6 Å². The lowest BCUT2D eigenvalue weighted by molar-refractivity contribution is 0.408. The standard InChI is InChI=1S/C12H18BrNO/c1-9-7-12(15-2)10(8-11(9)13)5-3-4-6-14/h7-8H,3-6,14H2,1-2H3. The van der Waals surface area contributed by atoms with Crippen LogP contribution in [0, 0.1) is 6.92 Å². The molecular formula is C12H18BrNO. The average Bonchev–Trinajstić information content (AvgIpc) is 2.23. The number of nitrogens with two attached hydrogens (primary N) is 1. The molecule has 0 aliphatic heterocycles. The lowest BCUT2D eigenvalue weighted by atomic mass is 10.1. The fourth-order valence-corrected chi connectivity index (χ4v) is 1.93. The van der Waals surface area contributed by atoms with Crippen molar-refractivity contribution in [2.75, 3.05) is 13.7 Å². The Morgan fingerprint density at radius 2 is 2.07 bits per heavy atom. The highest BCUT2D eigenvalue weighted by Crippen LogP contribution is 2.27. The monoisotopic (exact) mass is 271 g/mol. The molecule has 15 heavy (non-hydrogen) atoms. The maximum Gasteiger partial charge on any atom is 0.122 e. The van der Waals surface area contributed by atoms with E-state index in [2.05, 4.69) is 35.0 Å². The lowest BCUT2D eigenvalue weighted by Crippen LogP contribution is -2.00. The van der Waals surface area contributed by atoms with Gasteiger partial charge >= 0.3 is 0 Å². The second-order valence-electron chi connectivity index (χ2n) is 3.66. The van der Waals surface area contributed by atoms with Crippen LogP contribution in [0.5, 0.6) is 5.75 Å². The summed E-state index contributed by atoms with van der Waals surface area (Å²) in [4.78, 5) is 0. The molecule has 0 radical (unpaired) electrons. The minimum absolute atomic E-state index is 0.759. The van der Waals surface area contributed by atoms with E-state index in [9.17, 15) is 0 Å². The summed E-state index contributed by atoms with van der Waals surface area (Å²) in [6.45, 7) is 2.83. The van der Waals surface area contributed by atoms with Crippen LogP contribution >= 0.6 is 15.9 Å². The van der Waals surface area contributed by atoms with Gasteiger partial charge in [0.05, 0.1) is 7.11 Å². The molecule has 0 heterocycles. The van der Waals surface area contributed by atoms with E-state index in [1.165, 1.54) is 11.1 Å². The van der Waals surface area contributed by atoms with Crippen molar-refractivity contribution >= 4 is 15.9 Å². The van der Waals surface area contributed by atoms with Gasteiger partial charge in [0.15, 0.2) is 0 Å². The van der Waals surface area contributed by atoms with Crippen LogP contribution in [0.25, 0.3) is 0 Å². The summed E-state index contributed by atoms with van der Waals surface area (Å²) < 4.78 is 6.50. The number of aryl methyl sites for hydroxylation is 2. The van der Waals surface area contributed by atoms with E-state index < -0.39 is 0 Å². The number of rotatable bonds is 5. The van der Waals surface area contributed by atoms with Crippen LogP contribution in [-0.2, 0) is 6.42 Å². The third-order valence-electron chi connectivity index (χ3n) is 2.46. The van der Waals surface area contributed by atoms with Gasteiger partial charge in [-0.15, -0.1) is 0 Å². The molecule has 0 fully saturated rings. The Morgan fingerprint density at radius 3 is 2.67 bits per heavy atom. The van der Waals surface area contributed by atoms with E-state index in [1.807, 2.05) is 0 Å². The molecule has 1 rings (SSSR count). The summed E-state index contributed by atoms with van der Waals surface area (Å²) in [7, 11) is 1.72. The van der Waals surface area contributed by atoms with Crippen molar-refractivity contribution < 1.29 is 4.74 Å². The van der Waals surface area contributed by atoms with Gasteiger partial charge in [-0.25, -0.2) is 0 Å². The molecule has 2 N–H and O–H groups in total. The largest absolute Gasteiger partial charge is 0.496 e. The normalized spacial score (nSPS) is 10.4. The molecule has 0 aromatic heterocycles. The summed E-state index contributed by atoms with van der Waals surface area (Å²) in [5.41, 5.74) is 7.93. The highest BCUT2D eigenvalue weighted by Gasteiger charge is 2.06. The molecule has 1 aromatic carbocycles. The number of hydrogen-bond donors (Lipinski definition) is 1. The molecule has 3 heteroatoms. The van der Waals surface area contributed by atoms with Gasteiger partial charge in [0.2, 0.25) is 0 Å². The summed E-state index contributed by atoms with van der Waals surface area (Å²) in [6, 6.07) is 4.21. The van der Waals surface area contributed by atoms with Gasteiger partial charge in [0.1, 0.15) is 5.75 Å². The van der Waals surface area contributed by atoms with Crippen molar-refractivity contribution in [3.05, 3.63) is 27.7 Å². The van der Waals surface area contributed by atoms with Crippen LogP contribution in [0.1, 0.15) is 24.0 Å². The van der Waals surface area contributed by atoms with Gasteiger partial charge in [0.25, 0.3) is 0 Å². The van der Waals surface area contributed by atoms with Crippen LogP contribution in [-0.4, -0.2) is 13.7 Å². The van der Waals surface area contributed by atoms with E-state index >= 15 is 0 Å². The number of ether oxygens (including phenoxy) is 1. The van der Waals surface area contributed by atoms with Crippen LogP contribution < -0.4 is 10.5 Å². The van der Waals surface area contributed by atoms with Crippen molar-refractivity contribution in [3.63, 3.8) is 0 Å². The zero-order chi connectivity index (χ0) is 11.3. The second kappa shape index (κ2) is 6.13.